The minimum absolute atomic E-state index is 0.318. The van der Waals surface area contributed by atoms with Gasteiger partial charge < -0.3 is 9.80 Å². The summed E-state index contributed by atoms with van der Waals surface area (Å²) in [7, 11) is 0. The second-order valence-electron chi connectivity index (χ2n) is 8.58. The van der Waals surface area contributed by atoms with Crippen LogP contribution in [0.1, 0.15) is 39.2 Å². The number of pyridine rings is 1. The van der Waals surface area contributed by atoms with E-state index >= 15 is 0 Å². The van der Waals surface area contributed by atoms with Crippen molar-refractivity contribution in [2.45, 2.75) is 46.1 Å². The SMILES string of the molecule is Cc1ccc(N2CCC(CN3CCN(C(C)(C)C)CC3)CC2)nc1. The van der Waals surface area contributed by atoms with Crippen LogP contribution in [0.25, 0.3) is 0 Å². The highest BCUT2D eigenvalue weighted by Gasteiger charge is 2.28. The highest BCUT2D eigenvalue weighted by molar-refractivity contribution is 5.39. The Hall–Kier alpha value is -1.13. The number of hydrogen-bond donors (Lipinski definition) is 0. The lowest BCUT2D eigenvalue weighted by molar-refractivity contribution is 0.0533. The van der Waals surface area contributed by atoms with Gasteiger partial charge in [-0.1, -0.05) is 6.07 Å². The Morgan fingerprint density at radius 3 is 2.21 bits per heavy atom. The molecule has 3 heterocycles. The van der Waals surface area contributed by atoms with E-state index in [0.717, 1.165) is 24.8 Å². The zero-order valence-corrected chi connectivity index (χ0v) is 16.0. The molecule has 1 aromatic rings. The average molecular weight is 331 g/mol. The Morgan fingerprint density at radius 2 is 1.67 bits per heavy atom. The average Bonchev–Trinajstić information content (AvgIpc) is 2.56. The van der Waals surface area contributed by atoms with Crippen LogP contribution in [0.2, 0.25) is 0 Å². The van der Waals surface area contributed by atoms with Gasteiger partial charge >= 0.3 is 0 Å². The highest BCUT2D eigenvalue weighted by atomic mass is 15.3. The molecule has 0 N–H and O–H groups in total. The molecule has 2 aliphatic heterocycles. The summed E-state index contributed by atoms with van der Waals surface area (Å²) in [5, 5.41) is 0. The topological polar surface area (TPSA) is 22.6 Å². The molecular weight excluding hydrogens is 296 g/mol. The van der Waals surface area contributed by atoms with Crippen molar-refractivity contribution in [1.29, 1.82) is 0 Å². The fourth-order valence-corrected chi connectivity index (χ4v) is 3.96. The van der Waals surface area contributed by atoms with Crippen LogP contribution in [0.5, 0.6) is 0 Å². The summed E-state index contributed by atoms with van der Waals surface area (Å²) in [6.07, 6.45) is 4.58. The van der Waals surface area contributed by atoms with E-state index in [4.69, 9.17) is 0 Å². The monoisotopic (exact) mass is 330 g/mol. The van der Waals surface area contributed by atoms with Crippen molar-refractivity contribution >= 4 is 5.82 Å². The maximum Gasteiger partial charge on any atom is 0.128 e. The molecule has 2 aliphatic rings. The molecule has 0 amide bonds. The van der Waals surface area contributed by atoms with Crippen LogP contribution in [-0.4, -0.2) is 66.1 Å². The molecule has 4 nitrogen and oxygen atoms in total. The van der Waals surface area contributed by atoms with Crippen LogP contribution >= 0.6 is 0 Å². The first-order chi connectivity index (χ1) is 11.4. The predicted octanol–water partition coefficient (Wildman–Crippen LogP) is 3.02. The van der Waals surface area contributed by atoms with Gasteiger partial charge in [-0.25, -0.2) is 4.98 Å². The van der Waals surface area contributed by atoms with Crippen molar-refractivity contribution in [3.63, 3.8) is 0 Å². The number of aromatic nitrogens is 1. The number of hydrogen-bond acceptors (Lipinski definition) is 4. The Labute approximate surface area is 147 Å². The van der Waals surface area contributed by atoms with Crippen LogP contribution in [0, 0.1) is 12.8 Å². The van der Waals surface area contributed by atoms with Gasteiger partial charge in [-0.2, -0.15) is 0 Å². The van der Waals surface area contributed by atoms with Crippen molar-refractivity contribution in [2.24, 2.45) is 5.92 Å². The molecule has 0 aliphatic carbocycles. The van der Waals surface area contributed by atoms with E-state index in [1.54, 1.807) is 0 Å². The summed E-state index contributed by atoms with van der Waals surface area (Å²) in [4.78, 5) is 12.3. The first-order valence-electron chi connectivity index (χ1n) is 9.57. The quantitative estimate of drug-likeness (QED) is 0.849. The number of piperidine rings is 1. The summed E-state index contributed by atoms with van der Waals surface area (Å²) >= 11 is 0. The molecule has 3 rings (SSSR count). The van der Waals surface area contributed by atoms with Gasteiger partial charge in [0.25, 0.3) is 0 Å². The first-order valence-corrected chi connectivity index (χ1v) is 9.57. The van der Waals surface area contributed by atoms with Crippen LogP contribution in [0.15, 0.2) is 18.3 Å². The first kappa shape index (κ1) is 17.7. The lowest BCUT2D eigenvalue weighted by Gasteiger charge is -2.43. The zero-order chi connectivity index (χ0) is 17.2. The highest BCUT2D eigenvalue weighted by Crippen LogP contribution is 2.24. The van der Waals surface area contributed by atoms with Gasteiger partial charge in [0.05, 0.1) is 0 Å². The largest absolute Gasteiger partial charge is 0.357 e. The van der Waals surface area contributed by atoms with Gasteiger partial charge in [0.1, 0.15) is 5.82 Å². The molecule has 24 heavy (non-hydrogen) atoms. The number of anilines is 1. The molecule has 0 spiro atoms. The van der Waals surface area contributed by atoms with Gasteiger partial charge in [0, 0.05) is 57.5 Å². The fourth-order valence-electron chi connectivity index (χ4n) is 3.96. The molecule has 0 bridgehead atoms. The molecule has 0 radical (unpaired) electrons. The van der Waals surface area contributed by atoms with Crippen molar-refractivity contribution in [3.05, 3.63) is 23.9 Å². The molecule has 0 unspecified atom stereocenters. The summed E-state index contributed by atoms with van der Waals surface area (Å²) in [5.74, 6) is 2.01. The molecule has 1 aromatic heterocycles. The van der Waals surface area contributed by atoms with Gasteiger partial charge in [-0.15, -0.1) is 0 Å². The predicted molar refractivity (Wildman–Crippen MR) is 102 cm³/mol. The minimum atomic E-state index is 0.318. The molecule has 2 saturated heterocycles. The molecule has 0 atom stereocenters. The molecule has 0 saturated carbocycles. The number of aryl methyl sites for hydroxylation is 1. The fraction of sp³-hybridized carbons (Fsp3) is 0.750. The third-order valence-electron chi connectivity index (χ3n) is 5.67. The van der Waals surface area contributed by atoms with Crippen LogP contribution in [-0.2, 0) is 0 Å². The lowest BCUT2D eigenvalue weighted by Crippen LogP contribution is -2.54. The summed E-state index contributed by atoms with van der Waals surface area (Å²) in [6, 6.07) is 4.34. The molecule has 0 aromatic carbocycles. The Balaban J connectivity index is 1.42. The maximum atomic E-state index is 4.58. The Bertz CT molecular complexity index is 503. The van der Waals surface area contributed by atoms with E-state index in [9.17, 15) is 0 Å². The summed E-state index contributed by atoms with van der Waals surface area (Å²) in [5.41, 5.74) is 1.56. The van der Waals surface area contributed by atoms with Gasteiger partial charge in [0.2, 0.25) is 0 Å². The van der Waals surface area contributed by atoms with E-state index in [0.29, 0.717) is 5.54 Å². The molecule has 4 heteroatoms. The lowest BCUT2D eigenvalue weighted by atomic mass is 9.95. The van der Waals surface area contributed by atoms with E-state index in [1.807, 2.05) is 6.20 Å². The van der Waals surface area contributed by atoms with Gasteiger partial charge in [-0.3, -0.25) is 4.90 Å². The summed E-state index contributed by atoms with van der Waals surface area (Å²) < 4.78 is 0. The third-order valence-corrected chi connectivity index (χ3v) is 5.67. The smallest absolute Gasteiger partial charge is 0.128 e. The van der Waals surface area contributed by atoms with Crippen LogP contribution < -0.4 is 4.90 Å². The van der Waals surface area contributed by atoms with E-state index < -0.39 is 0 Å². The standard InChI is InChI=1S/C20H34N4/c1-17-5-6-19(21-15-17)23-9-7-18(8-10-23)16-22-11-13-24(14-12-22)20(2,3)4/h5-6,15,18H,7-14,16H2,1-4H3. The van der Waals surface area contributed by atoms with Crippen LogP contribution in [0.4, 0.5) is 5.82 Å². The molecule has 134 valence electrons. The Morgan fingerprint density at radius 1 is 1.00 bits per heavy atom. The molecular formula is C20H34N4. The zero-order valence-electron chi connectivity index (χ0n) is 16.0. The van der Waals surface area contributed by atoms with Crippen molar-refractivity contribution < 1.29 is 0 Å². The number of piperazine rings is 1. The normalized spacial score (nSPS) is 22.1. The second-order valence-corrected chi connectivity index (χ2v) is 8.58. The van der Waals surface area contributed by atoms with Crippen molar-refractivity contribution in [2.75, 3.05) is 50.7 Å². The van der Waals surface area contributed by atoms with Gasteiger partial charge in [0.15, 0.2) is 0 Å². The molecule has 2 fully saturated rings. The third kappa shape index (κ3) is 4.48. The van der Waals surface area contributed by atoms with Crippen molar-refractivity contribution in [3.8, 4) is 0 Å². The van der Waals surface area contributed by atoms with E-state index in [-0.39, 0.29) is 0 Å². The minimum Gasteiger partial charge on any atom is -0.357 e. The van der Waals surface area contributed by atoms with Gasteiger partial charge in [-0.05, 0) is 58.1 Å². The Kier molecular flexibility index (Phi) is 5.46. The van der Waals surface area contributed by atoms with Crippen molar-refractivity contribution in [1.82, 2.24) is 14.8 Å². The second kappa shape index (κ2) is 7.40. The van der Waals surface area contributed by atoms with E-state index in [2.05, 4.69) is 59.5 Å². The van der Waals surface area contributed by atoms with E-state index in [1.165, 1.54) is 51.1 Å². The maximum absolute atomic E-state index is 4.58. The summed E-state index contributed by atoms with van der Waals surface area (Å²) in [6.45, 7) is 17.6. The van der Waals surface area contributed by atoms with Crippen LogP contribution in [0.3, 0.4) is 0 Å². The number of nitrogens with zero attached hydrogens (tertiary/aromatic N) is 4. The number of rotatable bonds is 3.